The van der Waals surface area contributed by atoms with Gasteiger partial charge in [-0.2, -0.15) is 0 Å². The summed E-state index contributed by atoms with van der Waals surface area (Å²) in [5.74, 6) is 0.984. The van der Waals surface area contributed by atoms with Crippen LogP contribution < -0.4 is 11.1 Å². The van der Waals surface area contributed by atoms with E-state index in [-0.39, 0.29) is 17.9 Å². The molecule has 2 saturated carbocycles. The highest BCUT2D eigenvalue weighted by Crippen LogP contribution is 2.47. The van der Waals surface area contributed by atoms with E-state index in [0.29, 0.717) is 37.9 Å². The van der Waals surface area contributed by atoms with Crippen molar-refractivity contribution in [1.82, 2.24) is 9.62 Å². The molecule has 2 rings (SSSR count). The second-order valence-corrected chi connectivity index (χ2v) is 8.32. The second-order valence-electron chi connectivity index (χ2n) is 6.34. The van der Waals surface area contributed by atoms with Crippen molar-refractivity contribution in [3.63, 3.8) is 0 Å². The number of rotatable bonds is 7. The highest BCUT2D eigenvalue weighted by atomic mass is 32.2. The number of nitrogens with two attached hydrogens (primary N) is 1. The molecule has 4 unspecified atom stereocenters. The molecule has 1 amide bonds. The smallest absolute Gasteiger partial charge is 0.224 e. The molecular weight excluding hydrogens is 290 g/mol. The van der Waals surface area contributed by atoms with Gasteiger partial charge in [0.05, 0.1) is 12.2 Å². The molecule has 0 aromatic rings. The van der Waals surface area contributed by atoms with Gasteiger partial charge in [-0.25, -0.2) is 12.7 Å². The van der Waals surface area contributed by atoms with E-state index < -0.39 is 10.0 Å². The fourth-order valence-electron chi connectivity index (χ4n) is 3.87. The number of carbonyl (C=O) groups excluding carboxylic acids is 1. The number of fused-ring (bicyclic) bond motifs is 2. The van der Waals surface area contributed by atoms with Crippen LogP contribution in [0.2, 0.25) is 0 Å². The van der Waals surface area contributed by atoms with Gasteiger partial charge >= 0.3 is 0 Å². The molecule has 0 aromatic carbocycles. The Labute approximate surface area is 127 Å². The van der Waals surface area contributed by atoms with Gasteiger partial charge in [0.1, 0.15) is 0 Å². The Morgan fingerprint density at radius 3 is 2.52 bits per heavy atom. The first-order valence-electron chi connectivity index (χ1n) is 7.83. The largest absolute Gasteiger partial charge is 0.356 e. The average molecular weight is 317 g/mol. The lowest BCUT2D eigenvalue weighted by molar-refractivity contribution is -0.127. The summed E-state index contributed by atoms with van der Waals surface area (Å²) < 4.78 is 24.3. The van der Waals surface area contributed by atoms with Crippen molar-refractivity contribution < 1.29 is 13.2 Å². The van der Waals surface area contributed by atoms with E-state index in [2.05, 4.69) is 5.32 Å². The summed E-state index contributed by atoms with van der Waals surface area (Å²) in [5.41, 5.74) is 6.15. The van der Waals surface area contributed by atoms with Crippen molar-refractivity contribution >= 4 is 15.9 Å². The maximum Gasteiger partial charge on any atom is 0.224 e. The summed E-state index contributed by atoms with van der Waals surface area (Å²) in [6.07, 6.45) is 5.21. The van der Waals surface area contributed by atoms with Crippen molar-refractivity contribution in [2.75, 3.05) is 25.9 Å². The zero-order chi connectivity index (χ0) is 15.6. The van der Waals surface area contributed by atoms with Crippen LogP contribution in [0.5, 0.6) is 0 Å². The monoisotopic (exact) mass is 317 g/mol. The van der Waals surface area contributed by atoms with Crippen LogP contribution in [-0.4, -0.2) is 50.6 Å². The quantitative estimate of drug-likeness (QED) is 0.654. The van der Waals surface area contributed by atoms with Gasteiger partial charge in [-0.1, -0.05) is 6.92 Å². The molecule has 3 N–H and O–H groups in total. The molecule has 0 radical (unpaired) electrons. The zero-order valence-electron chi connectivity index (χ0n) is 12.9. The van der Waals surface area contributed by atoms with Crippen LogP contribution in [0.15, 0.2) is 0 Å². The lowest BCUT2D eigenvalue weighted by Gasteiger charge is -2.27. The molecule has 0 spiro atoms. The van der Waals surface area contributed by atoms with Crippen molar-refractivity contribution in [3.05, 3.63) is 0 Å². The van der Waals surface area contributed by atoms with Gasteiger partial charge in [0.25, 0.3) is 0 Å². The van der Waals surface area contributed by atoms with Crippen LogP contribution in [0.4, 0.5) is 0 Å². The fraction of sp³-hybridized carbons (Fsp3) is 0.929. The van der Waals surface area contributed by atoms with Gasteiger partial charge in [-0.3, -0.25) is 4.79 Å². The predicted molar refractivity (Wildman–Crippen MR) is 82.0 cm³/mol. The summed E-state index contributed by atoms with van der Waals surface area (Å²) in [6.45, 7) is 3.22. The Morgan fingerprint density at radius 1 is 1.33 bits per heavy atom. The fourth-order valence-corrected chi connectivity index (χ4v) is 4.80. The van der Waals surface area contributed by atoms with Gasteiger partial charge in [0.15, 0.2) is 0 Å². The Hall–Kier alpha value is -0.660. The Kier molecular flexibility index (Phi) is 5.27. The Balaban J connectivity index is 1.73. The average Bonchev–Trinajstić information content (AvgIpc) is 2.97. The van der Waals surface area contributed by atoms with Crippen LogP contribution in [0.3, 0.4) is 0 Å². The minimum atomic E-state index is -3.15. The summed E-state index contributed by atoms with van der Waals surface area (Å²) in [5, 5.41) is 2.93. The van der Waals surface area contributed by atoms with Crippen LogP contribution in [0.25, 0.3) is 0 Å². The number of carbonyl (C=O) groups is 1. The summed E-state index contributed by atoms with van der Waals surface area (Å²) in [7, 11) is -3.15. The van der Waals surface area contributed by atoms with E-state index >= 15 is 0 Å². The predicted octanol–water partition coefficient (Wildman–Crippen LogP) is 0.148. The first-order chi connectivity index (χ1) is 9.84. The first-order valence-corrected chi connectivity index (χ1v) is 9.67. The van der Waals surface area contributed by atoms with E-state index in [4.69, 9.17) is 5.73 Å². The number of sulfonamides is 1. The third-order valence-corrected chi connectivity index (χ3v) is 6.37. The lowest BCUT2D eigenvalue weighted by Crippen LogP contribution is -2.45. The number of nitrogens with zero attached hydrogens (tertiary/aromatic N) is 1. The van der Waals surface area contributed by atoms with Gasteiger partial charge in [-0.15, -0.1) is 0 Å². The molecule has 4 atom stereocenters. The molecule has 0 aliphatic heterocycles. The molecule has 0 aromatic heterocycles. The third kappa shape index (κ3) is 3.76. The maximum absolute atomic E-state index is 12.2. The number of amides is 1. The Bertz CT molecular complexity index is 478. The topological polar surface area (TPSA) is 92.5 Å². The van der Waals surface area contributed by atoms with Gasteiger partial charge in [0, 0.05) is 25.7 Å². The lowest BCUT2D eigenvalue weighted by atomic mass is 9.84. The van der Waals surface area contributed by atoms with Crippen molar-refractivity contribution in [2.45, 2.75) is 38.6 Å². The van der Waals surface area contributed by atoms with Crippen LogP contribution in [0.1, 0.15) is 32.6 Å². The highest BCUT2D eigenvalue weighted by molar-refractivity contribution is 7.88. The van der Waals surface area contributed by atoms with Crippen molar-refractivity contribution in [3.8, 4) is 0 Å². The van der Waals surface area contributed by atoms with Gasteiger partial charge in [-0.05, 0) is 37.5 Å². The molecule has 0 heterocycles. The highest BCUT2D eigenvalue weighted by Gasteiger charge is 2.48. The summed E-state index contributed by atoms with van der Waals surface area (Å²) >= 11 is 0. The number of hydrogen-bond donors (Lipinski definition) is 2. The third-order valence-electron chi connectivity index (χ3n) is 4.99. The van der Waals surface area contributed by atoms with Gasteiger partial charge < -0.3 is 11.1 Å². The molecule has 6 nitrogen and oxygen atoms in total. The molecule has 7 heteroatoms. The molecule has 122 valence electrons. The van der Waals surface area contributed by atoms with Crippen molar-refractivity contribution in [2.24, 2.45) is 23.5 Å². The molecule has 2 fully saturated rings. The van der Waals surface area contributed by atoms with E-state index in [1.165, 1.54) is 10.6 Å². The summed E-state index contributed by atoms with van der Waals surface area (Å²) in [4.78, 5) is 12.2. The molecule has 2 aliphatic rings. The molecule has 2 bridgehead atoms. The van der Waals surface area contributed by atoms with E-state index in [1.54, 1.807) is 0 Å². The Morgan fingerprint density at radius 2 is 2.00 bits per heavy atom. The first kappa shape index (κ1) is 16.7. The SMILES string of the molecule is CCN(CCCNC(=O)C1C2CCC(C2)C1N)S(C)(=O)=O. The van der Waals surface area contributed by atoms with E-state index in [0.717, 1.165) is 19.3 Å². The summed E-state index contributed by atoms with van der Waals surface area (Å²) in [6, 6.07) is 0.00640. The normalized spacial score (nSPS) is 31.8. The molecule has 2 aliphatic carbocycles. The number of nitrogens with one attached hydrogen (secondary N) is 1. The van der Waals surface area contributed by atoms with Crippen LogP contribution >= 0.6 is 0 Å². The van der Waals surface area contributed by atoms with Gasteiger partial charge in [0.2, 0.25) is 15.9 Å². The molecular formula is C14H27N3O3S. The molecule has 0 saturated heterocycles. The van der Waals surface area contributed by atoms with Crippen LogP contribution in [-0.2, 0) is 14.8 Å². The zero-order valence-corrected chi connectivity index (χ0v) is 13.7. The second kappa shape index (κ2) is 6.62. The van der Waals surface area contributed by atoms with Crippen LogP contribution in [0, 0.1) is 17.8 Å². The maximum atomic E-state index is 12.2. The van der Waals surface area contributed by atoms with E-state index in [1.807, 2.05) is 6.92 Å². The number of hydrogen-bond acceptors (Lipinski definition) is 4. The van der Waals surface area contributed by atoms with Crippen molar-refractivity contribution in [1.29, 1.82) is 0 Å². The molecule has 21 heavy (non-hydrogen) atoms. The standard InChI is InChI=1S/C14H27N3O3S/c1-3-17(21(2,19)20)8-4-7-16-14(18)12-10-5-6-11(9-10)13(12)15/h10-13H,3-9,15H2,1-2H3,(H,16,18). The van der Waals surface area contributed by atoms with E-state index in [9.17, 15) is 13.2 Å². The minimum Gasteiger partial charge on any atom is -0.356 e. The minimum absolute atomic E-state index is 0.00640.